The summed E-state index contributed by atoms with van der Waals surface area (Å²) in [5, 5.41) is 0. The SMILES string of the molecule is CC(C)c1c(F)c(F)c(-c2cc(-c3c(F)c(F)cc(F)c3F)cc(-c3c(F)c(F)c(N)c(F)c3F)c2)c(F)c1F. The predicted molar refractivity (Wildman–Crippen MR) is 121 cm³/mol. The first kappa shape index (κ1) is 28.8. The van der Waals surface area contributed by atoms with Crippen molar-refractivity contribution in [3.63, 3.8) is 0 Å². The summed E-state index contributed by atoms with van der Waals surface area (Å²) >= 11 is 0. The van der Waals surface area contributed by atoms with Gasteiger partial charge in [0.15, 0.2) is 69.8 Å². The van der Waals surface area contributed by atoms with Crippen molar-refractivity contribution in [1.82, 2.24) is 0 Å². The quantitative estimate of drug-likeness (QED) is 0.146. The Morgan fingerprint density at radius 2 is 0.725 bits per heavy atom. The lowest BCUT2D eigenvalue weighted by Crippen LogP contribution is -2.08. The van der Waals surface area contributed by atoms with Gasteiger partial charge in [-0.25, -0.2) is 52.7 Å². The van der Waals surface area contributed by atoms with Crippen LogP contribution < -0.4 is 5.73 Å². The van der Waals surface area contributed by atoms with Crippen LogP contribution in [0.25, 0.3) is 33.4 Å². The molecule has 0 aliphatic carbocycles. The molecule has 0 aromatic heterocycles. The second-order valence-electron chi connectivity index (χ2n) is 8.89. The van der Waals surface area contributed by atoms with Gasteiger partial charge < -0.3 is 5.73 Å². The maximum absolute atomic E-state index is 15.1. The number of nitrogen functional groups attached to an aromatic ring is 1. The molecular weight excluding hydrogens is 566 g/mol. The first-order valence-corrected chi connectivity index (χ1v) is 11.1. The van der Waals surface area contributed by atoms with Gasteiger partial charge in [0.25, 0.3) is 0 Å². The molecule has 0 heterocycles. The molecule has 210 valence electrons. The lowest BCUT2D eigenvalue weighted by Gasteiger charge is -2.17. The number of rotatable bonds is 4. The molecule has 40 heavy (non-hydrogen) atoms. The Hall–Kier alpha value is -4.16. The van der Waals surface area contributed by atoms with Crippen molar-refractivity contribution in [3.05, 3.63) is 99.6 Å². The molecule has 0 fully saturated rings. The molecule has 0 atom stereocenters. The zero-order chi connectivity index (χ0) is 30.0. The Balaban J connectivity index is 2.21. The molecule has 0 spiro atoms. The van der Waals surface area contributed by atoms with E-state index in [1.165, 1.54) is 13.8 Å². The van der Waals surface area contributed by atoms with E-state index in [0.717, 1.165) is 0 Å². The van der Waals surface area contributed by atoms with Crippen molar-refractivity contribution < 1.29 is 52.7 Å². The van der Waals surface area contributed by atoms with Gasteiger partial charge in [-0.2, -0.15) is 0 Å². The fraction of sp³-hybridized carbons (Fsp3) is 0.111. The Labute approximate surface area is 217 Å². The van der Waals surface area contributed by atoms with Crippen LogP contribution in [-0.2, 0) is 0 Å². The fourth-order valence-corrected chi connectivity index (χ4v) is 4.20. The molecule has 0 unspecified atom stereocenters. The topological polar surface area (TPSA) is 26.0 Å². The minimum atomic E-state index is -2.18. The average Bonchev–Trinajstić information content (AvgIpc) is 2.89. The molecule has 4 rings (SSSR count). The summed E-state index contributed by atoms with van der Waals surface area (Å²) in [6.45, 7) is 2.39. The molecule has 0 saturated carbocycles. The van der Waals surface area contributed by atoms with E-state index in [2.05, 4.69) is 0 Å². The fourth-order valence-electron chi connectivity index (χ4n) is 4.20. The third kappa shape index (κ3) is 4.33. The third-order valence-electron chi connectivity index (χ3n) is 6.08. The molecule has 0 amide bonds. The number of halogens is 12. The number of benzene rings is 4. The summed E-state index contributed by atoms with van der Waals surface area (Å²) < 4.78 is 175. The summed E-state index contributed by atoms with van der Waals surface area (Å²) in [4.78, 5) is 0. The van der Waals surface area contributed by atoms with Gasteiger partial charge in [0.2, 0.25) is 0 Å². The number of nitrogens with two attached hydrogens (primary N) is 1. The summed E-state index contributed by atoms with van der Waals surface area (Å²) in [5.74, 6) is -25.8. The van der Waals surface area contributed by atoms with Crippen LogP contribution in [0, 0.1) is 69.8 Å². The summed E-state index contributed by atoms with van der Waals surface area (Å²) in [6, 6.07) is 0.934. The Morgan fingerprint density at radius 1 is 0.425 bits per heavy atom. The molecular formula is C27H13F12N. The van der Waals surface area contributed by atoms with Gasteiger partial charge in [0.05, 0.1) is 16.7 Å². The molecule has 0 radical (unpaired) electrons. The molecule has 0 saturated heterocycles. The molecule has 13 heteroatoms. The van der Waals surface area contributed by atoms with E-state index < -0.39 is 120 Å². The van der Waals surface area contributed by atoms with Gasteiger partial charge in [-0.1, -0.05) is 13.8 Å². The van der Waals surface area contributed by atoms with Crippen LogP contribution in [0.4, 0.5) is 58.4 Å². The Kier molecular flexibility index (Phi) is 7.28. The van der Waals surface area contributed by atoms with E-state index in [1.54, 1.807) is 0 Å². The maximum Gasteiger partial charge on any atom is 0.185 e. The van der Waals surface area contributed by atoms with E-state index in [1.807, 2.05) is 0 Å². The Morgan fingerprint density at radius 3 is 1.05 bits per heavy atom. The summed E-state index contributed by atoms with van der Waals surface area (Å²) in [6.07, 6.45) is 0. The van der Waals surface area contributed by atoms with Crippen LogP contribution in [0.1, 0.15) is 25.3 Å². The third-order valence-corrected chi connectivity index (χ3v) is 6.08. The second-order valence-corrected chi connectivity index (χ2v) is 8.89. The van der Waals surface area contributed by atoms with Crippen LogP contribution in [0.5, 0.6) is 0 Å². The van der Waals surface area contributed by atoms with E-state index in [9.17, 15) is 43.9 Å². The highest BCUT2D eigenvalue weighted by Crippen LogP contribution is 2.42. The smallest absolute Gasteiger partial charge is 0.185 e. The number of hydrogen-bond acceptors (Lipinski definition) is 1. The number of hydrogen-bond donors (Lipinski definition) is 1. The van der Waals surface area contributed by atoms with Crippen molar-refractivity contribution in [1.29, 1.82) is 0 Å². The van der Waals surface area contributed by atoms with Crippen LogP contribution in [0.15, 0.2) is 24.3 Å². The van der Waals surface area contributed by atoms with Gasteiger partial charge in [0.1, 0.15) is 5.69 Å². The first-order chi connectivity index (χ1) is 18.6. The van der Waals surface area contributed by atoms with E-state index in [4.69, 9.17) is 5.73 Å². The van der Waals surface area contributed by atoms with Gasteiger partial charge in [-0.3, -0.25) is 0 Å². The van der Waals surface area contributed by atoms with E-state index >= 15 is 8.78 Å². The minimum absolute atomic E-state index is 0.197. The molecule has 4 aromatic carbocycles. The molecule has 4 aromatic rings. The summed E-state index contributed by atoms with van der Waals surface area (Å²) in [7, 11) is 0. The first-order valence-electron chi connectivity index (χ1n) is 11.1. The highest BCUT2D eigenvalue weighted by molar-refractivity contribution is 5.83. The van der Waals surface area contributed by atoms with Crippen molar-refractivity contribution in [2.24, 2.45) is 0 Å². The van der Waals surface area contributed by atoms with Crippen molar-refractivity contribution in [3.8, 4) is 33.4 Å². The van der Waals surface area contributed by atoms with Crippen LogP contribution >= 0.6 is 0 Å². The van der Waals surface area contributed by atoms with Gasteiger partial charge in [0, 0.05) is 11.6 Å². The monoisotopic (exact) mass is 579 g/mol. The molecule has 0 bridgehead atoms. The van der Waals surface area contributed by atoms with Crippen LogP contribution in [0.2, 0.25) is 0 Å². The van der Waals surface area contributed by atoms with Crippen molar-refractivity contribution >= 4 is 5.69 Å². The largest absolute Gasteiger partial charge is 0.394 e. The second kappa shape index (κ2) is 10.1. The minimum Gasteiger partial charge on any atom is -0.394 e. The molecule has 0 aliphatic heterocycles. The molecule has 0 aliphatic rings. The van der Waals surface area contributed by atoms with Crippen LogP contribution in [-0.4, -0.2) is 0 Å². The Bertz CT molecular complexity index is 1630. The van der Waals surface area contributed by atoms with Crippen molar-refractivity contribution in [2.75, 3.05) is 5.73 Å². The molecule has 2 N–H and O–H groups in total. The highest BCUT2D eigenvalue weighted by Gasteiger charge is 2.31. The maximum atomic E-state index is 15.1. The lowest BCUT2D eigenvalue weighted by atomic mass is 9.90. The zero-order valence-electron chi connectivity index (χ0n) is 20.0. The standard InChI is InChI=1S/C27H13F12N/c1-7(2)13-19(32)21(34)15(22(35)20(13)33)9-3-8(14-17(30)11(28)6-12(29)18(14)31)4-10(5-9)16-23(36)25(38)27(40)26(39)24(16)37/h3-7H,40H2,1-2H3. The molecule has 1 nitrogen and oxygen atoms in total. The van der Waals surface area contributed by atoms with Gasteiger partial charge in [-0.15, -0.1) is 0 Å². The van der Waals surface area contributed by atoms with Crippen LogP contribution in [0.3, 0.4) is 0 Å². The summed E-state index contributed by atoms with van der Waals surface area (Å²) in [5.41, 5.74) is -5.76. The van der Waals surface area contributed by atoms with Crippen molar-refractivity contribution in [2.45, 2.75) is 19.8 Å². The predicted octanol–water partition coefficient (Wildman–Crippen LogP) is 9.06. The number of anilines is 1. The van der Waals surface area contributed by atoms with E-state index in [-0.39, 0.29) is 6.07 Å². The highest BCUT2D eigenvalue weighted by atomic mass is 19.2. The zero-order valence-corrected chi connectivity index (χ0v) is 20.0. The van der Waals surface area contributed by atoms with Gasteiger partial charge >= 0.3 is 0 Å². The average molecular weight is 579 g/mol. The lowest BCUT2D eigenvalue weighted by molar-refractivity contribution is 0.436. The normalized spacial score (nSPS) is 11.6. The van der Waals surface area contributed by atoms with Gasteiger partial charge in [-0.05, 0) is 40.8 Å². The van der Waals surface area contributed by atoms with E-state index in [0.29, 0.717) is 18.2 Å².